The molecule has 1 aromatic rings. The molecule has 0 aliphatic carbocycles. The second-order valence-corrected chi connectivity index (χ2v) is 5.37. The third-order valence-electron chi connectivity index (χ3n) is 3.17. The summed E-state index contributed by atoms with van der Waals surface area (Å²) in [5.74, 6) is 0. The van der Waals surface area contributed by atoms with E-state index in [1.165, 1.54) is 5.56 Å². The number of benzene rings is 1. The second kappa shape index (κ2) is 7.55. The second-order valence-electron chi connectivity index (χ2n) is 5.37. The highest BCUT2D eigenvalue weighted by Crippen LogP contribution is 2.10. The van der Waals surface area contributed by atoms with Crippen LogP contribution in [0.4, 0.5) is 0 Å². The lowest BCUT2D eigenvalue weighted by atomic mass is 10.0. The van der Waals surface area contributed by atoms with E-state index in [9.17, 15) is 0 Å². The van der Waals surface area contributed by atoms with E-state index in [4.69, 9.17) is 4.74 Å². The van der Waals surface area contributed by atoms with Crippen LogP contribution in [0.25, 0.3) is 0 Å². The van der Waals surface area contributed by atoms with Gasteiger partial charge in [0.25, 0.3) is 0 Å². The highest BCUT2D eigenvalue weighted by atomic mass is 16.5. The zero-order valence-electron chi connectivity index (χ0n) is 12.2. The van der Waals surface area contributed by atoms with Gasteiger partial charge in [-0.1, -0.05) is 37.3 Å². The Morgan fingerprint density at radius 1 is 1.17 bits per heavy atom. The van der Waals surface area contributed by atoms with Crippen LogP contribution in [0.3, 0.4) is 0 Å². The maximum atomic E-state index is 5.71. The number of rotatable bonds is 8. The van der Waals surface area contributed by atoms with Crippen LogP contribution in [-0.2, 0) is 11.2 Å². The Morgan fingerprint density at radius 2 is 1.83 bits per heavy atom. The Balaban J connectivity index is 2.43. The van der Waals surface area contributed by atoms with Gasteiger partial charge in [0.1, 0.15) is 0 Å². The lowest BCUT2D eigenvalue weighted by molar-refractivity contribution is -0.0106. The first-order chi connectivity index (χ1) is 8.57. The third-order valence-corrected chi connectivity index (χ3v) is 3.17. The summed E-state index contributed by atoms with van der Waals surface area (Å²) in [5, 5.41) is 3.62. The highest BCUT2D eigenvalue weighted by Gasteiger charge is 2.19. The van der Waals surface area contributed by atoms with Crippen molar-refractivity contribution in [2.45, 2.75) is 52.2 Å². The molecule has 1 unspecified atom stereocenters. The van der Waals surface area contributed by atoms with Crippen molar-refractivity contribution < 1.29 is 4.74 Å². The van der Waals surface area contributed by atoms with Crippen LogP contribution in [0, 0.1) is 0 Å². The molecule has 2 heteroatoms. The minimum atomic E-state index is -0.0845. The molecule has 102 valence electrons. The van der Waals surface area contributed by atoms with Crippen molar-refractivity contribution in [2.75, 3.05) is 13.2 Å². The predicted molar refractivity (Wildman–Crippen MR) is 77.9 cm³/mol. The van der Waals surface area contributed by atoms with Gasteiger partial charge in [-0.05, 0) is 39.2 Å². The van der Waals surface area contributed by atoms with Crippen LogP contribution in [0.15, 0.2) is 30.3 Å². The van der Waals surface area contributed by atoms with Crippen LogP contribution in [-0.4, -0.2) is 24.8 Å². The summed E-state index contributed by atoms with van der Waals surface area (Å²) in [6.45, 7) is 10.2. The minimum Gasteiger partial charge on any atom is -0.375 e. The smallest absolute Gasteiger partial charge is 0.0750 e. The SMILES string of the molecule is CCOC(C)(C)CNC(CC)Cc1ccccc1. The Kier molecular flexibility index (Phi) is 6.37. The molecule has 1 aromatic carbocycles. The fraction of sp³-hybridized carbons (Fsp3) is 0.625. The Bertz CT molecular complexity index is 321. The van der Waals surface area contributed by atoms with Gasteiger partial charge in [0.15, 0.2) is 0 Å². The molecular formula is C16H27NO. The van der Waals surface area contributed by atoms with Crippen LogP contribution in [0.5, 0.6) is 0 Å². The average molecular weight is 249 g/mol. The van der Waals surface area contributed by atoms with E-state index in [2.05, 4.69) is 56.4 Å². The lowest BCUT2D eigenvalue weighted by Crippen LogP contribution is -2.43. The van der Waals surface area contributed by atoms with Crippen LogP contribution < -0.4 is 5.32 Å². The van der Waals surface area contributed by atoms with Crippen molar-refractivity contribution in [3.05, 3.63) is 35.9 Å². The molecule has 0 bridgehead atoms. The van der Waals surface area contributed by atoms with Crippen LogP contribution >= 0.6 is 0 Å². The van der Waals surface area contributed by atoms with Crippen molar-refractivity contribution in [3.63, 3.8) is 0 Å². The standard InChI is InChI=1S/C16H27NO/c1-5-15(12-14-10-8-7-9-11-14)17-13-16(3,4)18-6-2/h7-11,15,17H,5-6,12-13H2,1-4H3. The van der Waals surface area contributed by atoms with Crippen LogP contribution in [0.2, 0.25) is 0 Å². The van der Waals surface area contributed by atoms with Crippen molar-refractivity contribution in [2.24, 2.45) is 0 Å². The van der Waals surface area contributed by atoms with Gasteiger partial charge in [-0.25, -0.2) is 0 Å². The third kappa shape index (κ3) is 5.65. The first-order valence-electron chi connectivity index (χ1n) is 6.98. The molecule has 0 radical (unpaired) electrons. The van der Waals surface area contributed by atoms with Gasteiger partial charge in [0, 0.05) is 19.2 Å². The largest absolute Gasteiger partial charge is 0.375 e. The summed E-state index contributed by atoms with van der Waals surface area (Å²) < 4.78 is 5.71. The normalized spacial score (nSPS) is 13.6. The van der Waals surface area contributed by atoms with E-state index in [1.807, 2.05) is 6.92 Å². The maximum Gasteiger partial charge on any atom is 0.0750 e. The molecule has 0 aromatic heterocycles. The number of ether oxygens (including phenoxy) is 1. The van der Waals surface area contributed by atoms with E-state index >= 15 is 0 Å². The number of hydrogen-bond donors (Lipinski definition) is 1. The first kappa shape index (κ1) is 15.2. The van der Waals surface area contributed by atoms with Gasteiger partial charge in [0.05, 0.1) is 5.60 Å². The summed E-state index contributed by atoms with van der Waals surface area (Å²) in [6.07, 6.45) is 2.22. The quantitative estimate of drug-likeness (QED) is 0.762. The van der Waals surface area contributed by atoms with Crippen molar-refractivity contribution in [1.29, 1.82) is 0 Å². The Labute approximate surface area is 112 Å². The average Bonchev–Trinajstić information content (AvgIpc) is 2.35. The van der Waals surface area contributed by atoms with E-state index in [1.54, 1.807) is 0 Å². The van der Waals surface area contributed by atoms with Crippen molar-refractivity contribution >= 4 is 0 Å². The summed E-state index contributed by atoms with van der Waals surface area (Å²) in [5.41, 5.74) is 1.31. The van der Waals surface area contributed by atoms with Gasteiger partial charge in [0.2, 0.25) is 0 Å². The van der Waals surface area contributed by atoms with Crippen molar-refractivity contribution in [3.8, 4) is 0 Å². The van der Waals surface area contributed by atoms with E-state index < -0.39 is 0 Å². The fourth-order valence-electron chi connectivity index (χ4n) is 2.09. The molecule has 0 fully saturated rings. The molecule has 0 aliphatic rings. The van der Waals surface area contributed by atoms with Gasteiger partial charge in [-0.15, -0.1) is 0 Å². The molecule has 1 N–H and O–H groups in total. The summed E-state index contributed by atoms with van der Waals surface area (Å²) >= 11 is 0. The maximum absolute atomic E-state index is 5.71. The molecule has 1 atom stereocenters. The molecule has 0 amide bonds. The fourth-order valence-corrected chi connectivity index (χ4v) is 2.09. The molecule has 2 nitrogen and oxygen atoms in total. The van der Waals surface area contributed by atoms with E-state index in [0.717, 1.165) is 26.0 Å². The molecule has 18 heavy (non-hydrogen) atoms. The van der Waals surface area contributed by atoms with Gasteiger partial charge >= 0.3 is 0 Å². The van der Waals surface area contributed by atoms with E-state index in [0.29, 0.717) is 6.04 Å². The molecule has 0 saturated heterocycles. The van der Waals surface area contributed by atoms with Gasteiger partial charge in [-0.3, -0.25) is 0 Å². The zero-order chi connectivity index (χ0) is 13.4. The topological polar surface area (TPSA) is 21.3 Å². The highest BCUT2D eigenvalue weighted by molar-refractivity contribution is 5.15. The van der Waals surface area contributed by atoms with Gasteiger partial charge in [-0.2, -0.15) is 0 Å². The molecule has 1 rings (SSSR count). The monoisotopic (exact) mass is 249 g/mol. The van der Waals surface area contributed by atoms with Crippen molar-refractivity contribution in [1.82, 2.24) is 5.32 Å². The number of nitrogens with one attached hydrogen (secondary N) is 1. The molecular weight excluding hydrogens is 222 g/mol. The predicted octanol–water partition coefficient (Wildman–Crippen LogP) is 3.41. The molecule has 0 heterocycles. The number of hydrogen-bond acceptors (Lipinski definition) is 2. The summed E-state index contributed by atoms with van der Waals surface area (Å²) in [7, 11) is 0. The van der Waals surface area contributed by atoms with Gasteiger partial charge < -0.3 is 10.1 Å². The first-order valence-corrected chi connectivity index (χ1v) is 6.98. The summed E-state index contributed by atoms with van der Waals surface area (Å²) in [6, 6.07) is 11.2. The molecule has 0 aliphatic heterocycles. The van der Waals surface area contributed by atoms with Crippen LogP contribution in [0.1, 0.15) is 39.7 Å². The Hall–Kier alpha value is -0.860. The molecule has 0 saturated carbocycles. The minimum absolute atomic E-state index is 0.0845. The Morgan fingerprint density at radius 3 is 2.39 bits per heavy atom. The summed E-state index contributed by atoms with van der Waals surface area (Å²) in [4.78, 5) is 0. The molecule has 0 spiro atoms. The lowest BCUT2D eigenvalue weighted by Gasteiger charge is -2.28. The van der Waals surface area contributed by atoms with E-state index in [-0.39, 0.29) is 5.60 Å². The zero-order valence-corrected chi connectivity index (χ0v) is 12.2.